The van der Waals surface area contributed by atoms with Crippen molar-refractivity contribution in [2.45, 2.75) is 29.0 Å². The molecule has 0 bridgehead atoms. The molecule has 0 N–H and O–H groups in total. The molecule has 48 valence electrons. The topological polar surface area (TPSA) is 0 Å². The Labute approximate surface area is 68.7 Å². The van der Waals surface area contributed by atoms with Crippen molar-refractivity contribution >= 4 is 34.1 Å². The van der Waals surface area contributed by atoms with Crippen LogP contribution in [0.15, 0.2) is 0 Å². The zero-order valence-electron chi connectivity index (χ0n) is 5.13. The van der Waals surface area contributed by atoms with E-state index in [-0.39, 0.29) is 0 Å². The molecule has 0 spiro atoms. The van der Waals surface area contributed by atoms with Crippen LogP contribution in [0.1, 0.15) is 19.8 Å². The zero-order valence-corrected chi connectivity index (χ0v) is 8.50. The molecule has 0 saturated carbocycles. The van der Waals surface area contributed by atoms with Gasteiger partial charge in [0.1, 0.15) is 0 Å². The van der Waals surface area contributed by atoms with E-state index in [1.807, 2.05) is 22.3 Å². The molecule has 1 aliphatic rings. The van der Waals surface area contributed by atoms with E-state index < -0.39 is 0 Å². The van der Waals surface area contributed by atoms with Gasteiger partial charge in [0.15, 0.2) is 0 Å². The van der Waals surface area contributed by atoms with E-state index in [0.29, 0.717) is 0 Å². The van der Waals surface area contributed by atoms with Crippen molar-refractivity contribution in [2.75, 3.05) is 5.75 Å². The van der Waals surface area contributed by atoms with E-state index >= 15 is 0 Å². The van der Waals surface area contributed by atoms with Crippen molar-refractivity contribution in [3.05, 3.63) is 0 Å². The van der Waals surface area contributed by atoms with Crippen LogP contribution in [0.5, 0.6) is 0 Å². The fourth-order valence-electron chi connectivity index (χ4n) is 0.674. The summed E-state index contributed by atoms with van der Waals surface area (Å²) >= 11 is 4.13. The minimum absolute atomic E-state index is 1.02. The van der Waals surface area contributed by atoms with Gasteiger partial charge in [-0.25, -0.2) is 0 Å². The molecular weight excluding hydrogens is 232 g/mol. The molecule has 0 aromatic carbocycles. The predicted octanol–water partition coefficient (Wildman–Crippen LogP) is 1.59. The molecule has 0 amide bonds. The molecule has 1 heterocycles. The van der Waals surface area contributed by atoms with Gasteiger partial charge in [0.25, 0.3) is 0 Å². The van der Waals surface area contributed by atoms with Crippen molar-refractivity contribution < 1.29 is 0 Å². The first-order valence-electron chi connectivity index (χ1n) is 3.12. The van der Waals surface area contributed by atoms with E-state index in [1.54, 1.807) is 0 Å². The average Bonchev–Trinajstić information content (AvgIpc) is 2.50. The average molecular weight is 244 g/mol. The van der Waals surface area contributed by atoms with Crippen molar-refractivity contribution in [1.29, 1.82) is 0 Å². The zero-order chi connectivity index (χ0) is 5.98. The summed E-state index contributed by atoms with van der Waals surface area (Å²) in [5, 5.41) is 1.06. The molecule has 1 saturated heterocycles. The fourth-order valence-corrected chi connectivity index (χ4v) is 2.47. The number of hydrogen-bond donors (Lipinski definition) is 0. The Kier molecular flexibility index (Phi) is 3.03. The second kappa shape index (κ2) is 3.34. The van der Waals surface area contributed by atoms with Crippen LogP contribution in [0.4, 0.5) is 0 Å². The van der Waals surface area contributed by atoms with Gasteiger partial charge in [0, 0.05) is 0 Å². The molecule has 0 nitrogen and oxygen atoms in total. The quantitative estimate of drug-likeness (QED) is 0.536. The molecule has 2 atom stereocenters. The third kappa shape index (κ3) is 2.62. The molecule has 0 aromatic rings. The Bertz CT molecular complexity index is 70.9. The van der Waals surface area contributed by atoms with Crippen LogP contribution < -0.4 is 0 Å². The second-order valence-corrected chi connectivity index (χ2v) is 5.67. The van der Waals surface area contributed by atoms with Gasteiger partial charge >= 0.3 is 68.8 Å². The summed E-state index contributed by atoms with van der Waals surface area (Å²) in [6.07, 6.45) is 2.86. The summed E-state index contributed by atoms with van der Waals surface area (Å²) in [5.41, 5.74) is 0. The van der Waals surface area contributed by atoms with Crippen LogP contribution in [0, 0.1) is 0 Å². The maximum absolute atomic E-state index is 2.29. The monoisotopic (exact) mass is 246 g/mol. The predicted molar refractivity (Wildman–Crippen MR) is 42.1 cm³/mol. The summed E-state index contributed by atoms with van der Waals surface area (Å²) in [4.78, 5) is 0. The van der Waals surface area contributed by atoms with E-state index in [1.165, 1.54) is 18.6 Å². The normalized spacial score (nSPS) is 30.0. The third-order valence-corrected chi connectivity index (χ3v) is 4.05. The van der Waals surface area contributed by atoms with E-state index in [0.717, 1.165) is 9.22 Å². The molecule has 2 heteroatoms. The van der Waals surface area contributed by atoms with Crippen LogP contribution in [0.25, 0.3) is 0 Å². The molecule has 1 fully saturated rings. The molecule has 0 aliphatic carbocycles. The number of hydrogen-bond acceptors (Lipinski definition) is 1. The Morgan fingerprint density at radius 2 is 2.50 bits per heavy atom. The van der Waals surface area contributed by atoms with Crippen molar-refractivity contribution in [1.82, 2.24) is 0 Å². The first-order chi connectivity index (χ1) is 3.83. The summed E-state index contributed by atoms with van der Waals surface area (Å²) < 4.78 is 1.02. The SMILES string of the molecule is CCC([TeH])CC1CS1. The van der Waals surface area contributed by atoms with Crippen molar-refractivity contribution in [3.8, 4) is 0 Å². The fraction of sp³-hybridized carbons (Fsp3) is 1.00. The Morgan fingerprint density at radius 3 is 2.88 bits per heavy atom. The van der Waals surface area contributed by atoms with Crippen LogP contribution in [-0.4, -0.2) is 33.3 Å². The van der Waals surface area contributed by atoms with Gasteiger partial charge in [-0.1, -0.05) is 0 Å². The number of thioether (sulfide) groups is 1. The molecule has 1 rings (SSSR count). The van der Waals surface area contributed by atoms with E-state index in [9.17, 15) is 0 Å². The van der Waals surface area contributed by atoms with Gasteiger partial charge in [-0.15, -0.1) is 0 Å². The van der Waals surface area contributed by atoms with Gasteiger partial charge in [0.2, 0.25) is 0 Å². The Hall–Kier alpha value is 1.14. The second-order valence-electron chi connectivity index (χ2n) is 2.25. The minimum atomic E-state index is 1.02. The van der Waals surface area contributed by atoms with Crippen LogP contribution >= 0.6 is 11.8 Å². The third-order valence-electron chi connectivity index (χ3n) is 1.41. The first-order valence-corrected chi connectivity index (χ1v) is 5.65. The summed E-state index contributed by atoms with van der Waals surface area (Å²) in [7, 11) is 0. The van der Waals surface area contributed by atoms with Gasteiger partial charge < -0.3 is 0 Å². The summed E-state index contributed by atoms with van der Waals surface area (Å²) in [5.74, 6) is 1.44. The van der Waals surface area contributed by atoms with Crippen LogP contribution in [-0.2, 0) is 0 Å². The maximum atomic E-state index is 2.29. The van der Waals surface area contributed by atoms with Gasteiger partial charge in [-0.05, 0) is 0 Å². The van der Waals surface area contributed by atoms with Crippen molar-refractivity contribution in [3.63, 3.8) is 0 Å². The van der Waals surface area contributed by atoms with Crippen LogP contribution in [0.2, 0.25) is 3.97 Å². The molecule has 8 heavy (non-hydrogen) atoms. The van der Waals surface area contributed by atoms with Gasteiger partial charge in [-0.3, -0.25) is 0 Å². The summed E-state index contributed by atoms with van der Waals surface area (Å²) in [6, 6.07) is 0. The molecule has 0 aromatic heterocycles. The van der Waals surface area contributed by atoms with E-state index in [2.05, 4.69) is 18.7 Å². The van der Waals surface area contributed by atoms with Crippen molar-refractivity contribution in [2.24, 2.45) is 0 Å². The van der Waals surface area contributed by atoms with Gasteiger partial charge in [0.05, 0.1) is 0 Å². The molecular formula is C6H12STe. The van der Waals surface area contributed by atoms with Gasteiger partial charge in [-0.2, -0.15) is 0 Å². The Morgan fingerprint density at radius 1 is 1.88 bits per heavy atom. The van der Waals surface area contributed by atoms with E-state index in [4.69, 9.17) is 0 Å². The van der Waals surface area contributed by atoms with Crippen LogP contribution in [0.3, 0.4) is 0 Å². The number of rotatable bonds is 3. The molecule has 0 radical (unpaired) electrons. The molecule has 1 aliphatic heterocycles. The first kappa shape index (κ1) is 7.25. The Balaban J connectivity index is 1.98. The molecule has 2 unspecified atom stereocenters. The summed E-state index contributed by atoms with van der Waals surface area (Å²) in [6.45, 7) is 2.29. The standard InChI is InChI=1S/C6H12STe/c1-2-6(8)3-5-4-7-5/h5-6,8H,2-4H2,1H3.